The highest BCUT2D eigenvalue weighted by Crippen LogP contribution is 2.34. The summed E-state index contributed by atoms with van der Waals surface area (Å²) in [7, 11) is 0. The van der Waals surface area contributed by atoms with Crippen molar-refractivity contribution in [3.05, 3.63) is 71.2 Å². The van der Waals surface area contributed by atoms with Crippen molar-refractivity contribution in [3.8, 4) is 22.4 Å². The van der Waals surface area contributed by atoms with E-state index in [1.807, 2.05) is 6.20 Å². The Balaban J connectivity index is 2.20. The zero-order valence-electron chi connectivity index (χ0n) is 16.3. The van der Waals surface area contributed by atoms with Gasteiger partial charge in [-0.3, -0.25) is 4.98 Å². The van der Waals surface area contributed by atoms with E-state index in [1.54, 1.807) is 0 Å². The van der Waals surface area contributed by atoms with E-state index in [0.29, 0.717) is 0 Å². The first-order valence-electron chi connectivity index (χ1n) is 9.72. The van der Waals surface area contributed by atoms with Gasteiger partial charge in [-0.05, 0) is 48.4 Å². The first-order chi connectivity index (χ1) is 12.7. The standard InChI is InChI=1S/C24H28N2/c1-5-11-19-20(18-13-9-8-12-17(18)4)14-10-15-21(19)24-16-25-22(6-2)23(7-3)26-24/h8-10,12-16H,5-7,11H2,1-4H3. The van der Waals surface area contributed by atoms with Crippen molar-refractivity contribution in [2.45, 2.75) is 53.4 Å². The zero-order chi connectivity index (χ0) is 18.5. The lowest BCUT2D eigenvalue weighted by Crippen LogP contribution is -2.03. The van der Waals surface area contributed by atoms with E-state index >= 15 is 0 Å². The minimum atomic E-state index is 0.921. The number of hydrogen-bond acceptors (Lipinski definition) is 2. The maximum atomic E-state index is 4.97. The van der Waals surface area contributed by atoms with E-state index in [2.05, 4.69) is 70.2 Å². The average molecular weight is 345 g/mol. The molecule has 0 bridgehead atoms. The number of hydrogen-bond donors (Lipinski definition) is 0. The molecule has 2 heteroatoms. The third kappa shape index (κ3) is 3.55. The molecule has 0 atom stereocenters. The molecule has 0 spiro atoms. The minimum Gasteiger partial charge on any atom is -0.257 e. The number of aromatic nitrogens is 2. The molecular weight excluding hydrogens is 316 g/mol. The summed E-state index contributed by atoms with van der Waals surface area (Å²) in [6.07, 6.45) is 5.95. The Labute approximate surface area is 157 Å². The minimum absolute atomic E-state index is 0.921. The Bertz CT molecular complexity index is 896. The van der Waals surface area contributed by atoms with Gasteiger partial charge in [0.05, 0.1) is 23.3 Å². The molecule has 0 aliphatic heterocycles. The van der Waals surface area contributed by atoms with Crippen LogP contribution < -0.4 is 0 Å². The SMILES string of the molecule is CCCc1c(-c2cnc(CC)c(CC)n2)cccc1-c1ccccc1C. The molecule has 2 aromatic carbocycles. The number of aryl methyl sites for hydroxylation is 3. The van der Waals surface area contributed by atoms with Gasteiger partial charge in [-0.2, -0.15) is 0 Å². The molecule has 1 heterocycles. The van der Waals surface area contributed by atoms with Crippen molar-refractivity contribution in [2.75, 3.05) is 0 Å². The molecule has 0 unspecified atom stereocenters. The van der Waals surface area contributed by atoms with E-state index < -0.39 is 0 Å². The molecule has 134 valence electrons. The molecule has 26 heavy (non-hydrogen) atoms. The third-order valence-electron chi connectivity index (χ3n) is 4.99. The highest BCUT2D eigenvalue weighted by atomic mass is 14.8. The van der Waals surface area contributed by atoms with E-state index in [4.69, 9.17) is 9.97 Å². The van der Waals surface area contributed by atoms with Gasteiger partial charge >= 0.3 is 0 Å². The second kappa shape index (κ2) is 8.27. The van der Waals surface area contributed by atoms with Crippen LogP contribution in [0.4, 0.5) is 0 Å². The Kier molecular flexibility index (Phi) is 5.82. The van der Waals surface area contributed by atoms with Crippen LogP contribution in [0.25, 0.3) is 22.4 Å². The summed E-state index contributed by atoms with van der Waals surface area (Å²) >= 11 is 0. The van der Waals surface area contributed by atoms with Gasteiger partial charge in [0.1, 0.15) is 0 Å². The largest absolute Gasteiger partial charge is 0.257 e. The molecular formula is C24H28N2. The molecule has 1 aromatic heterocycles. The van der Waals surface area contributed by atoms with Gasteiger partial charge in [0.15, 0.2) is 0 Å². The molecule has 0 saturated carbocycles. The lowest BCUT2D eigenvalue weighted by atomic mass is 9.89. The van der Waals surface area contributed by atoms with Crippen LogP contribution in [-0.4, -0.2) is 9.97 Å². The Morgan fingerprint density at radius 3 is 2.15 bits per heavy atom. The molecule has 2 nitrogen and oxygen atoms in total. The van der Waals surface area contributed by atoms with Gasteiger partial charge in [0.25, 0.3) is 0 Å². The van der Waals surface area contributed by atoms with Gasteiger partial charge in [-0.25, -0.2) is 4.98 Å². The van der Waals surface area contributed by atoms with Gasteiger partial charge < -0.3 is 0 Å². The number of benzene rings is 2. The fourth-order valence-electron chi connectivity index (χ4n) is 3.63. The van der Waals surface area contributed by atoms with Crippen LogP contribution in [0.2, 0.25) is 0 Å². The average Bonchev–Trinajstić information content (AvgIpc) is 2.68. The highest BCUT2D eigenvalue weighted by Gasteiger charge is 2.15. The van der Waals surface area contributed by atoms with Crippen LogP contribution >= 0.6 is 0 Å². The van der Waals surface area contributed by atoms with Gasteiger partial charge in [-0.15, -0.1) is 0 Å². The Hall–Kier alpha value is -2.48. The summed E-state index contributed by atoms with van der Waals surface area (Å²) < 4.78 is 0. The normalized spacial score (nSPS) is 10.9. The second-order valence-electron chi connectivity index (χ2n) is 6.75. The summed E-state index contributed by atoms with van der Waals surface area (Å²) in [4.78, 5) is 9.67. The van der Waals surface area contributed by atoms with E-state index in [1.165, 1.54) is 27.8 Å². The van der Waals surface area contributed by atoms with Crippen LogP contribution in [0.3, 0.4) is 0 Å². The maximum Gasteiger partial charge on any atom is 0.0891 e. The van der Waals surface area contributed by atoms with Gasteiger partial charge in [0.2, 0.25) is 0 Å². The monoisotopic (exact) mass is 344 g/mol. The van der Waals surface area contributed by atoms with Crippen LogP contribution in [-0.2, 0) is 19.3 Å². The van der Waals surface area contributed by atoms with Crippen molar-refractivity contribution in [2.24, 2.45) is 0 Å². The third-order valence-corrected chi connectivity index (χ3v) is 4.99. The van der Waals surface area contributed by atoms with Crippen LogP contribution in [0.5, 0.6) is 0 Å². The maximum absolute atomic E-state index is 4.97. The molecule has 0 saturated heterocycles. The lowest BCUT2D eigenvalue weighted by molar-refractivity contribution is 0.900. The fraction of sp³-hybridized carbons (Fsp3) is 0.333. The Morgan fingerprint density at radius 2 is 1.46 bits per heavy atom. The fourth-order valence-corrected chi connectivity index (χ4v) is 3.63. The summed E-state index contributed by atoms with van der Waals surface area (Å²) in [6.45, 7) is 8.72. The molecule has 0 N–H and O–H groups in total. The molecule has 3 rings (SSSR count). The zero-order valence-corrected chi connectivity index (χ0v) is 16.3. The lowest BCUT2D eigenvalue weighted by Gasteiger charge is -2.17. The Morgan fingerprint density at radius 1 is 0.769 bits per heavy atom. The summed E-state index contributed by atoms with van der Waals surface area (Å²) in [6, 6.07) is 15.2. The van der Waals surface area contributed by atoms with Crippen molar-refractivity contribution in [1.29, 1.82) is 0 Å². The smallest absolute Gasteiger partial charge is 0.0891 e. The second-order valence-corrected chi connectivity index (χ2v) is 6.75. The highest BCUT2D eigenvalue weighted by molar-refractivity contribution is 5.78. The van der Waals surface area contributed by atoms with E-state index in [0.717, 1.165) is 42.8 Å². The number of nitrogens with zero attached hydrogens (tertiary/aromatic N) is 2. The van der Waals surface area contributed by atoms with Crippen LogP contribution in [0.15, 0.2) is 48.7 Å². The van der Waals surface area contributed by atoms with Crippen LogP contribution in [0, 0.1) is 6.92 Å². The molecule has 0 aliphatic rings. The molecule has 3 aromatic rings. The molecule has 0 amide bonds. The van der Waals surface area contributed by atoms with Crippen molar-refractivity contribution in [3.63, 3.8) is 0 Å². The quantitative estimate of drug-likeness (QED) is 0.532. The first kappa shape index (κ1) is 18.3. The van der Waals surface area contributed by atoms with E-state index in [-0.39, 0.29) is 0 Å². The van der Waals surface area contributed by atoms with E-state index in [9.17, 15) is 0 Å². The number of rotatable bonds is 6. The van der Waals surface area contributed by atoms with Gasteiger partial charge in [0, 0.05) is 5.56 Å². The topological polar surface area (TPSA) is 25.8 Å². The summed E-state index contributed by atoms with van der Waals surface area (Å²) in [5.74, 6) is 0. The summed E-state index contributed by atoms with van der Waals surface area (Å²) in [5.41, 5.74) is 9.77. The predicted molar refractivity (Wildman–Crippen MR) is 110 cm³/mol. The van der Waals surface area contributed by atoms with Crippen molar-refractivity contribution >= 4 is 0 Å². The van der Waals surface area contributed by atoms with Crippen LogP contribution in [0.1, 0.15) is 49.7 Å². The first-order valence-corrected chi connectivity index (χ1v) is 9.72. The van der Waals surface area contributed by atoms with Crippen molar-refractivity contribution in [1.82, 2.24) is 9.97 Å². The summed E-state index contributed by atoms with van der Waals surface area (Å²) in [5, 5.41) is 0. The molecule has 0 aliphatic carbocycles. The molecule has 0 fully saturated rings. The predicted octanol–water partition coefficient (Wildman–Crippen LogP) is 6.20. The van der Waals surface area contributed by atoms with Gasteiger partial charge in [-0.1, -0.05) is 69.7 Å². The van der Waals surface area contributed by atoms with Crippen molar-refractivity contribution < 1.29 is 0 Å². The molecule has 0 radical (unpaired) electrons.